The largest absolute Gasteiger partial charge is 0.491 e. The first-order chi connectivity index (χ1) is 16.0. The van der Waals surface area contributed by atoms with Crippen molar-refractivity contribution in [2.24, 2.45) is 0 Å². The van der Waals surface area contributed by atoms with Crippen molar-refractivity contribution in [2.75, 3.05) is 18.5 Å². The van der Waals surface area contributed by atoms with E-state index in [1.54, 1.807) is 12.1 Å². The molecule has 1 aromatic heterocycles. The van der Waals surface area contributed by atoms with Gasteiger partial charge in [0.05, 0.1) is 11.6 Å². The lowest BCUT2D eigenvalue weighted by molar-refractivity contribution is 0.0679. The summed E-state index contributed by atoms with van der Waals surface area (Å²) in [5, 5.41) is 7.59. The molecule has 33 heavy (non-hydrogen) atoms. The summed E-state index contributed by atoms with van der Waals surface area (Å²) in [6.45, 7) is 8.49. The number of aromatic nitrogens is 1. The van der Waals surface area contributed by atoms with Crippen molar-refractivity contribution < 1.29 is 14.3 Å². The van der Waals surface area contributed by atoms with Crippen LogP contribution in [0.3, 0.4) is 0 Å². The average molecular weight is 448 g/mol. The molecule has 174 valence electrons. The van der Waals surface area contributed by atoms with E-state index in [2.05, 4.69) is 35.5 Å². The number of ether oxygens (including phenoxy) is 2. The molecule has 6 nitrogen and oxygen atoms in total. The number of aryl methyl sites for hydroxylation is 1. The summed E-state index contributed by atoms with van der Waals surface area (Å²) in [5.41, 5.74) is 4.36. The summed E-state index contributed by atoms with van der Waals surface area (Å²) >= 11 is 0. The van der Waals surface area contributed by atoms with Crippen LogP contribution in [-0.2, 0) is 11.3 Å². The van der Waals surface area contributed by atoms with Crippen molar-refractivity contribution in [3.05, 3.63) is 65.4 Å². The van der Waals surface area contributed by atoms with Gasteiger partial charge in [-0.1, -0.05) is 13.0 Å². The van der Waals surface area contributed by atoms with Crippen LogP contribution in [0.25, 0.3) is 10.9 Å². The quantitative estimate of drug-likeness (QED) is 0.469. The van der Waals surface area contributed by atoms with E-state index >= 15 is 0 Å². The number of amides is 1. The van der Waals surface area contributed by atoms with Gasteiger partial charge in [0.15, 0.2) is 0 Å². The van der Waals surface area contributed by atoms with Gasteiger partial charge in [-0.05, 0) is 80.6 Å². The van der Waals surface area contributed by atoms with Gasteiger partial charge < -0.3 is 20.1 Å². The number of benzene rings is 2. The molecule has 0 radical (unpaired) electrons. The van der Waals surface area contributed by atoms with Crippen molar-refractivity contribution in [1.82, 2.24) is 10.3 Å². The molecular weight excluding hydrogens is 414 g/mol. The Balaban J connectivity index is 1.40. The molecule has 2 aromatic carbocycles. The zero-order valence-corrected chi connectivity index (χ0v) is 19.7. The van der Waals surface area contributed by atoms with Crippen LogP contribution in [0, 0.1) is 6.92 Å². The van der Waals surface area contributed by atoms with E-state index in [1.807, 2.05) is 37.4 Å². The molecule has 0 spiro atoms. The minimum Gasteiger partial charge on any atom is -0.491 e. The molecule has 2 heterocycles. The van der Waals surface area contributed by atoms with Gasteiger partial charge in [0.1, 0.15) is 12.4 Å². The number of carbonyl (C=O) groups excluding carboxylic acids is 1. The second kappa shape index (κ2) is 10.8. The van der Waals surface area contributed by atoms with Gasteiger partial charge >= 0.3 is 0 Å². The molecule has 0 aliphatic carbocycles. The lowest BCUT2D eigenvalue weighted by Crippen LogP contribution is -2.24. The van der Waals surface area contributed by atoms with E-state index < -0.39 is 0 Å². The number of nitrogens with one attached hydrogen (secondary N) is 2. The molecule has 1 saturated heterocycles. The van der Waals surface area contributed by atoms with Crippen molar-refractivity contribution in [2.45, 2.75) is 58.7 Å². The Morgan fingerprint density at radius 3 is 2.79 bits per heavy atom. The molecule has 1 fully saturated rings. The number of rotatable bonds is 9. The Hall–Kier alpha value is -2.96. The van der Waals surface area contributed by atoms with Crippen molar-refractivity contribution in [3.63, 3.8) is 0 Å². The van der Waals surface area contributed by atoms with Gasteiger partial charge in [0.25, 0.3) is 5.91 Å². The third kappa shape index (κ3) is 5.89. The smallest absolute Gasteiger partial charge is 0.255 e. The molecular formula is C27H33N3O3. The molecule has 1 unspecified atom stereocenters. The van der Waals surface area contributed by atoms with Crippen LogP contribution < -0.4 is 15.4 Å². The Morgan fingerprint density at radius 2 is 2.06 bits per heavy atom. The zero-order chi connectivity index (χ0) is 23.2. The first kappa shape index (κ1) is 23.2. The van der Waals surface area contributed by atoms with E-state index in [9.17, 15) is 4.79 Å². The maximum atomic E-state index is 12.8. The first-order valence-electron chi connectivity index (χ1n) is 11.8. The van der Waals surface area contributed by atoms with E-state index in [-0.39, 0.29) is 12.0 Å². The summed E-state index contributed by atoms with van der Waals surface area (Å²) in [4.78, 5) is 17.5. The number of pyridine rings is 1. The third-order valence-electron chi connectivity index (χ3n) is 6.25. The number of hydrogen-bond donors (Lipinski definition) is 2. The molecule has 2 N–H and O–H groups in total. The molecule has 1 amide bonds. The van der Waals surface area contributed by atoms with Gasteiger partial charge in [-0.25, -0.2) is 0 Å². The summed E-state index contributed by atoms with van der Waals surface area (Å²) in [6.07, 6.45) is 5.30. The maximum Gasteiger partial charge on any atom is 0.255 e. The standard InChI is InChI=1S/C27H33N3O3/c1-4-18(2)28-15-20-14-22-9-12-25(19(3)26(22)29-16-20)30-27(31)21-7-10-23(11-8-21)33-17-24-6-5-13-32-24/h7-12,14,16,18,24,28H,4-6,13,15,17H2,1-3H3,(H,30,31)/t18?,24-/m0/s1. The SMILES string of the molecule is CCC(C)NCc1cnc2c(C)c(NC(=O)c3ccc(OC[C@@H]4CCCO4)cc3)ccc2c1. The van der Waals surface area contributed by atoms with Crippen molar-refractivity contribution in [3.8, 4) is 5.75 Å². The second-order valence-corrected chi connectivity index (χ2v) is 8.77. The van der Waals surface area contributed by atoms with E-state index in [0.29, 0.717) is 18.2 Å². The van der Waals surface area contributed by atoms with Crippen LogP contribution in [0.15, 0.2) is 48.7 Å². The van der Waals surface area contributed by atoms with E-state index in [0.717, 1.165) is 65.9 Å². The summed E-state index contributed by atoms with van der Waals surface area (Å²) in [7, 11) is 0. The normalized spacial score (nSPS) is 16.6. The lowest BCUT2D eigenvalue weighted by Gasteiger charge is -2.14. The van der Waals surface area contributed by atoms with Gasteiger partial charge in [-0.2, -0.15) is 0 Å². The Morgan fingerprint density at radius 1 is 1.24 bits per heavy atom. The van der Waals surface area contributed by atoms with E-state index in [1.165, 1.54) is 0 Å². The fraction of sp³-hybridized carbons (Fsp3) is 0.407. The van der Waals surface area contributed by atoms with Gasteiger partial charge in [0, 0.05) is 42.0 Å². The van der Waals surface area contributed by atoms with Gasteiger partial charge in [-0.15, -0.1) is 0 Å². The molecule has 4 rings (SSSR count). The van der Waals surface area contributed by atoms with Crippen LogP contribution in [0.5, 0.6) is 5.75 Å². The number of fused-ring (bicyclic) bond motifs is 1. The zero-order valence-electron chi connectivity index (χ0n) is 19.7. The fourth-order valence-electron chi connectivity index (χ4n) is 3.92. The topological polar surface area (TPSA) is 72.5 Å². The molecule has 6 heteroatoms. The molecule has 3 aromatic rings. The number of hydrogen-bond acceptors (Lipinski definition) is 5. The molecule has 1 aliphatic heterocycles. The Labute approximate surface area is 195 Å². The fourth-order valence-corrected chi connectivity index (χ4v) is 3.92. The lowest BCUT2D eigenvalue weighted by atomic mass is 10.1. The second-order valence-electron chi connectivity index (χ2n) is 8.77. The summed E-state index contributed by atoms with van der Waals surface area (Å²) < 4.78 is 11.4. The van der Waals surface area contributed by atoms with Gasteiger partial charge in [0.2, 0.25) is 0 Å². The van der Waals surface area contributed by atoms with Crippen molar-refractivity contribution >= 4 is 22.5 Å². The number of carbonyl (C=O) groups is 1. The van der Waals surface area contributed by atoms with Crippen LogP contribution >= 0.6 is 0 Å². The highest BCUT2D eigenvalue weighted by Crippen LogP contribution is 2.25. The highest BCUT2D eigenvalue weighted by atomic mass is 16.5. The van der Waals surface area contributed by atoms with Gasteiger partial charge in [-0.3, -0.25) is 9.78 Å². The molecule has 2 atom stereocenters. The number of nitrogens with zero attached hydrogens (tertiary/aromatic N) is 1. The highest BCUT2D eigenvalue weighted by Gasteiger charge is 2.16. The average Bonchev–Trinajstić information content (AvgIpc) is 3.37. The van der Waals surface area contributed by atoms with Crippen LogP contribution in [0.4, 0.5) is 5.69 Å². The van der Waals surface area contributed by atoms with E-state index in [4.69, 9.17) is 9.47 Å². The van der Waals surface area contributed by atoms with Crippen LogP contribution in [-0.4, -0.2) is 36.3 Å². The molecule has 1 aliphatic rings. The third-order valence-corrected chi connectivity index (χ3v) is 6.25. The summed E-state index contributed by atoms with van der Waals surface area (Å²) in [5.74, 6) is 0.587. The predicted octanol–water partition coefficient (Wildman–Crippen LogP) is 5.24. The Bertz CT molecular complexity index is 1090. The maximum absolute atomic E-state index is 12.8. The number of anilines is 1. The molecule has 0 saturated carbocycles. The highest BCUT2D eigenvalue weighted by molar-refractivity contribution is 6.06. The Kier molecular flexibility index (Phi) is 7.57. The van der Waals surface area contributed by atoms with Crippen LogP contribution in [0.2, 0.25) is 0 Å². The first-order valence-corrected chi connectivity index (χ1v) is 11.8. The minimum absolute atomic E-state index is 0.155. The van der Waals surface area contributed by atoms with Crippen LogP contribution in [0.1, 0.15) is 54.6 Å². The molecule has 0 bridgehead atoms. The summed E-state index contributed by atoms with van der Waals surface area (Å²) in [6, 6.07) is 13.8. The monoisotopic (exact) mass is 447 g/mol. The minimum atomic E-state index is -0.155. The van der Waals surface area contributed by atoms with Crippen molar-refractivity contribution in [1.29, 1.82) is 0 Å². The predicted molar refractivity (Wildman–Crippen MR) is 132 cm³/mol.